The molecule has 6 nitrogen and oxygen atoms in total. The van der Waals surface area contributed by atoms with Gasteiger partial charge in [0.05, 0.1) is 12.3 Å². The first kappa shape index (κ1) is 23.5. The minimum atomic E-state index is -0.354. The Hall–Kier alpha value is -3.22. The number of aromatic nitrogens is 1. The summed E-state index contributed by atoms with van der Waals surface area (Å²) in [5.74, 6) is 1.36. The Balaban J connectivity index is 1.31. The fourth-order valence-electron chi connectivity index (χ4n) is 6.39. The van der Waals surface area contributed by atoms with Gasteiger partial charge in [-0.2, -0.15) is 0 Å². The number of pyridine rings is 1. The number of carbonyl (C=O) groups is 2. The van der Waals surface area contributed by atoms with E-state index in [0.717, 1.165) is 49.0 Å². The lowest BCUT2D eigenvalue weighted by molar-refractivity contribution is -0.125. The van der Waals surface area contributed by atoms with Gasteiger partial charge in [-0.3, -0.25) is 9.78 Å². The molecule has 2 amide bonds. The van der Waals surface area contributed by atoms with Gasteiger partial charge in [-0.05, 0) is 86.1 Å². The summed E-state index contributed by atoms with van der Waals surface area (Å²) in [6.07, 6.45) is 9.42. The fraction of sp³-hybridized carbons (Fsp3) is 0.464. The summed E-state index contributed by atoms with van der Waals surface area (Å²) in [5.41, 5.74) is 2.52. The Morgan fingerprint density at radius 1 is 1.20 bits per heavy atom. The first-order chi connectivity index (χ1) is 17.0. The number of hydrogen-bond acceptors (Lipinski definition) is 4. The smallest absolute Gasteiger partial charge is 0.407 e. The standard InChI is InChI=1S/C28H32FN3O3/c1-2-35-28(34)32-22-9-10-23-19(13-22)14-25-26(16-31-27(25)33)24(23)11-8-21-7-6-18(15-30-21)17-4-3-5-20(29)12-17/h3-8,11-12,15,19,22-26H,2,9-10,13-14,16H2,1H3,(H,31,33)(H,32,34)/b11-8+/t19-,22+,23+,24-,25-,26+/m0/s1. The lowest BCUT2D eigenvalue weighted by atomic mass is 9.58. The Bertz CT molecular complexity index is 1100. The summed E-state index contributed by atoms with van der Waals surface area (Å²) in [5, 5.41) is 6.09. The van der Waals surface area contributed by atoms with Crippen molar-refractivity contribution in [2.75, 3.05) is 13.2 Å². The van der Waals surface area contributed by atoms with E-state index in [1.54, 1.807) is 19.2 Å². The molecule has 1 saturated heterocycles. The van der Waals surface area contributed by atoms with Crippen LogP contribution in [-0.4, -0.2) is 36.2 Å². The van der Waals surface area contributed by atoms with Gasteiger partial charge in [-0.15, -0.1) is 0 Å². The van der Waals surface area contributed by atoms with Crippen molar-refractivity contribution in [2.24, 2.45) is 29.6 Å². The van der Waals surface area contributed by atoms with Crippen molar-refractivity contribution < 1.29 is 18.7 Å². The van der Waals surface area contributed by atoms with Gasteiger partial charge in [0.25, 0.3) is 0 Å². The number of amides is 2. The van der Waals surface area contributed by atoms with E-state index in [9.17, 15) is 14.0 Å². The van der Waals surface area contributed by atoms with E-state index in [1.807, 2.05) is 18.2 Å². The predicted octanol–water partition coefficient (Wildman–Crippen LogP) is 4.81. The molecule has 2 N–H and O–H groups in total. The van der Waals surface area contributed by atoms with Crippen LogP contribution in [-0.2, 0) is 9.53 Å². The highest BCUT2D eigenvalue weighted by molar-refractivity contribution is 5.81. The Kier molecular flexibility index (Phi) is 6.84. The largest absolute Gasteiger partial charge is 0.450 e. The monoisotopic (exact) mass is 477 g/mol. The van der Waals surface area contributed by atoms with Crippen LogP contribution in [0.2, 0.25) is 0 Å². The molecule has 2 aliphatic carbocycles. The van der Waals surface area contributed by atoms with Gasteiger partial charge in [-0.25, -0.2) is 9.18 Å². The maximum Gasteiger partial charge on any atom is 0.407 e. The molecular formula is C28H32FN3O3. The Labute approximate surface area is 205 Å². The van der Waals surface area contributed by atoms with Gasteiger partial charge >= 0.3 is 6.09 Å². The number of allylic oxidation sites excluding steroid dienone is 1. The van der Waals surface area contributed by atoms with E-state index < -0.39 is 0 Å². The third kappa shape index (κ3) is 5.09. The van der Waals surface area contributed by atoms with Gasteiger partial charge in [0.1, 0.15) is 5.82 Å². The summed E-state index contributed by atoms with van der Waals surface area (Å²) in [6, 6.07) is 10.5. The van der Waals surface area contributed by atoms with Crippen LogP contribution >= 0.6 is 0 Å². The zero-order valence-electron chi connectivity index (χ0n) is 20.0. The number of benzene rings is 1. The van der Waals surface area contributed by atoms with Crippen LogP contribution in [0.3, 0.4) is 0 Å². The first-order valence-corrected chi connectivity index (χ1v) is 12.6. The number of carbonyl (C=O) groups excluding carboxylic acids is 2. The zero-order chi connectivity index (χ0) is 24.4. The summed E-state index contributed by atoms with van der Waals surface area (Å²) >= 11 is 0. The quantitative estimate of drug-likeness (QED) is 0.648. The number of ether oxygens (including phenoxy) is 1. The summed E-state index contributed by atoms with van der Waals surface area (Å²) < 4.78 is 18.6. The second kappa shape index (κ2) is 10.2. The number of alkyl carbamates (subject to hydrolysis) is 1. The number of nitrogens with zero attached hydrogens (tertiary/aromatic N) is 1. The highest BCUT2D eigenvalue weighted by atomic mass is 19.1. The van der Waals surface area contributed by atoms with Crippen LogP contribution in [0.1, 0.15) is 38.3 Å². The molecule has 2 saturated carbocycles. The molecule has 0 bridgehead atoms. The minimum Gasteiger partial charge on any atom is -0.450 e. The van der Waals surface area contributed by atoms with Crippen molar-refractivity contribution in [2.45, 2.75) is 38.6 Å². The number of fused-ring (bicyclic) bond motifs is 2. The number of rotatable bonds is 5. The number of hydrogen-bond donors (Lipinski definition) is 2. The molecule has 0 unspecified atom stereocenters. The van der Waals surface area contributed by atoms with Crippen LogP contribution in [0.15, 0.2) is 48.7 Å². The molecule has 2 heterocycles. The van der Waals surface area contributed by atoms with Crippen molar-refractivity contribution in [1.82, 2.24) is 15.6 Å². The molecule has 35 heavy (non-hydrogen) atoms. The molecule has 1 aliphatic heterocycles. The van der Waals surface area contributed by atoms with Gasteiger partial charge < -0.3 is 15.4 Å². The summed E-state index contributed by atoms with van der Waals surface area (Å²) in [6.45, 7) is 2.88. The normalized spacial score (nSPS) is 29.8. The minimum absolute atomic E-state index is 0.0237. The van der Waals surface area contributed by atoms with Crippen LogP contribution in [0.5, 0.6) is 0 Å². The van der Waals surface area contributed by atoms with E-state index in [2.05, 4.69) is 27.8 Å². The second-order valence-corrected chi connectivity index (χ2v) is 9.97. The molecular weight excluding hydrogens is 445 g/mol. The maximum absolute atomic E-state index is 13.6. The lowest BCUT2D eigenvalue weighted by Crippen LogP contribution is -2.47. The zero-order valence-corrected chi connectivity index (χ0v) is 20.0. The molecule has 1 aromatic heterocycles. The Morgan fingerprint density at radius 2 is 2.09 bits per heavy atom. The van der Waals surface area contributed by atoms with Crippen LogP contribution in [0.25, 0.3) is 17.2 Å². The van der Waals surface area contributed by atoms with Crippen molar-refractivity contribution in [3.63, 3.8) is 0 Å². The number of halogens is 1. The van der Waals surface area contributed by atoms with E-state index in [-0.39, 0.29) is 35.7 Å². The van der Waals surface area contributed by atoms with Gasteiger partial charge in [0.15, 0.2) is 0 Å². The number of nitrogens with one attached hydrogen (secondary N) is 2. The molecule has 5 rings (SSSR count). The second-order valence-electron chi connectivity index (χ2n) is 9.97. The molecule has 0 radical (unpaired) electrons. The molecule has 1 aromatic carbocycles. The highest BCUT2D eigenvalue weighted by Crippen LogP contribution is 2.50. The van der Waals surface area contributed by atoms with Crippen LogP contribution in [0, 0.1) is 35.4 Å². The van der Waals surface area contributed by atoms with E-state index >= 15 is 0 Å². The topological polar surface area (TPSA) is 80.3 Å². The van der Waals surface area contributed by atoms with Gasteiger partial charge in [0.2, 0.25) is 5.91 Å². The van der Waals surface area contributed by atoms with Crippen molar-refractivity contribution in [3.8, 4) is 11.1 Å². The van der Waals surface area contributed by atoms with Crippen molar-refractivity contribution in [3.05, 3.63) is 60.2 Å². The lowest BCUT2D eigenvalue weighted by Gasteiger charge is -2.47. The fourth-order valence-corrected chi connectivity index (χ4v) is 6.39. The van der Waals surface area contributed by atoms with Crippen molar-refractivity contribution in [1.29, 1.82) is 0 Å². The third-order valence-electron chi connectivity index (χ3n) is 7.98. The van der Waals surface area contributed by atoms with E-state index in [0.29, 0.717) is 24.4 Å². The van der Waals surface area contributed by atoms with Gasteiger partial charge in [-0.1, -0.05) is 24.3 Å². The molecule has 3 aliphatic rings. The van der Waals surface area contributed by atoms with E-state index in [4.69, 9.17) is 4.74 Å². The van der Waals surface area contributed by atoms with Crippen LogP contribution in [0.4, 0.5) is 9.18 Å². The molecule has 3 fully saturated rings. The predicted molar refractivity (Wildman–Crippen MR) is 132 cm³/mol. The van der Waals surface area contributed by atoms with Crippen LogP contribution < -0.4 is 10.6 Å². The molecule has 184 valence electrons. The summed E-state index contributed by atoms with van der Waals surface area (Å²) in [4.78, 5) is 29.1. The highest BCUT2D eigenvalue weighted by Gasteiger charge is 2.50. The van der Waals surface area contributed by atoms with Gasteiger partial charge in [0, 0.05) is 30.3 Å². The molecule has 7 heteroatoms. The third-order valence-corrected chi connectivity index (χ3v) is 7.98. The average molecular weight is 478 g/mol. The molecule has 6 atom stereocenters. The molecule has 0 spiro atoms. The average Bonchev–Trinajstić information content (AvgIpc) is 3.22. The Morgan fingerprint density at radius 3 is 2.86 bits per heavy atom. The maximum atomic E-state index is 13.6. The van der Waals surface area contributed by atoms with Crippen molar-refractivity contribution >= 4 is 18.1 Å². The SMILES string of the molecule is CCOC(=O)N[C@@H]1CC[C@@H]2[C@@H](C1)C[C@@H]1C(=O)NC[C@@H]1[C@H]2/C=C/c1ccc(-c2cccc(F)c2)cn1. The molecule has 2 aromatic rings. The summed E-state index contributed by atoms with van der Waals surface area (Å²) in [7, 11) is 0. The van der Waals surface area contributed by atoms with E-state index in [1.165, 1.54) is 12.1 Å². The first-order valence-electron chi connectivity index (χ1n) is 12.6.